The molecule has 1 fully saturated rings. The second-order valence-electron chi connectivity index (χ2n) is 7.92. The summed E-state index contributed by atoms with van der Waals surface area (Å²) in [7, 11) is 0. The number of rotatable bonds is 5. The second-order valence-corrected chi connectivity index (χ2v) is 8.74. The van der Waals surface area contributed by atoms with Crippen molar-refractivity contribution >= 4 is 46.7 Å². The summed E-state index contributed by atoms with van der Waals surface area (Å²) >= 11 is 12.0. The molecule has 0 N–H and O–H groups in total. The molecule has 8 heteroatoms. The quantitative estimate of drug-likeness (QED) is 0.368. The predicted octanol–water partition coefficient (Wildman–Crippen LogP) is 4.43. The first kappa shape index (κ1) is 22.2. The SMILES string of the molecule is C[C@@H]1C=CC[C@H]2C(=O)N(N(CC(=O)c3ccccc3)C(=O)c3ccc(Cl)c(Cl)c3)C(=O)[C@H]12. The molecule has 2 aliphatic rings. The van der Waals surface area contributed by atoms with E-state index < -0.39 is 41.9 Å². The Morgan fingerprint density at radius 3 is 2.38 bits per heavy atom. The van der Waals surface area contributed by atoms with Crippen molar-refractivity contribution in [1.82, 2.24) is 10.0 Å². The van der Waals surface area contributed by atoms with Gasteiger partial charge in [0.2, 0.25) is 0 Å². The molecule has 3 atom stereocenters. The van der Waals surface area contributed by atoms with E-state index in [2.05, 4.69) is 0 Å². The van der Waals surface area contributed by atoms with Crippen molar-refractivity contribution in [3.63, 3.8) is 0 Å². The van der Waals surface area contributed by atoms with Gasteiger partial charge in [-0.1, -0.05) is 72.6 Å². The van der Waals surface area contributed by atoms with Crippen LogP contribution in [0.4, 0.5) is 0 Å². The molecular weight excluding hydrogens is 451 g/mol. The largest absolute Gasteiger partial charge is 0.292 e. The number of fused-ring (bicyclic) bond motifs is 1. The van der Waals surface area contributed by atoms with E-state index >= 15 is 0 Å². The summed E-state index contributed by atoms with van der Waals surface area (Å²) in [6, 6.07) is 12.6. The molecule has 2 aromatic carbocycles. The lowest BCUT2D eigenvalue weighted by molar-refractivity contribution is -0.154. The van der Waals surface area contributed by atoms with E-state index in [1.807, 2.05) is 19.1 Å². The van der Waals surface area contributed by atoms with E-state index in [-0.39, 0.29) is 21.5 Å². The molecule has 0 spiro atoms. The van der Waals surface area contributed by atoms with Crippen molar-refractivity contribution in [1.29, 1.82) is 0 Å². The van der Waals surface area contributed by atoms with Crippen LogP contribution >= 0.6 is 23.2 Å². The number of ketones is 1. The van der Waals surface area contributed by atoms with Crippen molar-refractivity contribution in [2.75, 3.05) is 6.54 Å². The third kappa shape index (κ3) is 3.96. The van der Waals surface area contributed by atoms with Gasteiger partial charge in [0.25, 0.3) is 17.7 Å². The number of amides is 3. The Balaban J connectivity index is 1.72. The summed E-state index contributed by atoms with van der Waals surface area (Å²) < 4.78 is 0. The van der Waals surface area contributed by atoms with Crippen LogP contribution in [0, 0.1) is 17.8 Å². The van der Waals surface area contributed by atoms with Gasteiger partial charge in [-0.15, -0.1) is 0 Å². The average molecular weight is 471 g/mol. The predicted molar refractivity (Wildman–Crippen MR) is 120 cm³/mol. The van der Waals surface area contributed by atoms with Gasteiger partial charge in [0, 0.05) is 11.1 Å². The Labute approximate surface area is 195 Å². The summed E-state index contributed by atoms with van der Waals surface area (Å²) in [6.07, 6.45) is 4.19. The van der Waals surface area contributed by atoms with Crippen LogP contribution < -0.4 is 0 Å². The normalized spacial score (nSPS) is 22.1. The van der Waals surface area contributed by atoms with Gasteiger partial charge in [-0.05, 0) is 30.5 Å². The minimum absolute atomic E-state index is 0.113. The van der Waals surface area contributed by atoms with Crippen molar-refractivity contribution < 1.29 is 19.2 Å². The highest BCUT2D eigenvalue weighted by Gasteiger charge is 2.53. The highest BCUT2D eigenvalue weighted by Crippen LogP contribution is 2.39. The number of allylic oxidation sites excluding steroid dienone is 2. The van der Waals surface area contributed by atoms with Crippen LogP contribution in [0.1, 0.15) is 34.1 Å². The number of carbonyl (C=O) groups excluding carboxylic acids is 4. The Morgan fingerprint density at radius 1 is 1.00 bits per heavy atom. The summed E-state index contributed by atoms with van der Waals surface area (Å²) in [6.45, 7) is 1.39. The number of Topliss-reactive ketones (excluding diaryl/α,β-unsaturated/α-hetero) is 1. The van der Waals surface area contributed by atoms with Crippen molar-refractivity contribution in [2.24, 2.45) is 17.8 Å². The third-order valence-electron chi connectivity index (χ3n) is 5.88. The topological polar surface area (TPSA) is 74.8 Å². The highest BCUT2D eigenvalue weighted by atomic mass is 35.5. The van der Waals surface area contributed by atoms with E-state index in [4.69, 9.17) is 23.2 Å². The number of nitrogens with zero attached hydrogens (tertiary/aromatic N) is 2. The molecule has 0 radical (unpaired) electrons. The molecule has 0 aromatic heterocycles. The maximum atomic E-state index is 13.5. The van der Waals surface area contributed by atoms with E-state index in [9.17, 15) is 19.2 Å². The first-order valence-corrected chi connectivity index (χ1v) is 10.9. The Bertz CT molecular complexity index is 1130. The zero-order valence-corrected chi connectivity index (χ0v) is 18.7. The first-order chi connectivity index (χ1) is 15.3. The van der Waals surface area contributed by atoms with Crippen LogP contribution in [0.5, 0.6) is 0 Å². The average Bonchev–Trinajstić information content (AvgIpc) is 3.05. The molecule has 0 saturated carbocycles. The van der Waals surface area contributed by atoms with Crippen LogP contribution in [-0.4, -0.2) is 40.1 Å². The third-order valence-corrected chi connectivity index (χ3v) is 6.62. The number of imide groups is 1. The zero-order valence-electron chi connectivity index (χ0n) is 17.2. The van der Waals surface area contributed by atoms with Gasteiger partial charge in [-0.2, -0.15) is 5.01 Å². The second kappa shape index (κ2) is 8.88. The minimum Gasteiger partial charge on any atom is -0.292 e. The molecule has 1 saturated heterocycles. The fourth-order valence-electron chi connectivity index (χ4n) is 4.23. The summed E-state index contributed by atoms with van der Waals surface area (Å²) in [4.78, 5) is 52.9. The molecule has 6 nitrogen and oxygen atoms in total. The number of halogens is 2. The van der Waals surface area contributed by atoms with Gasteiger partial charge in [-0.3, -0.25) is 19.2 Å². The fraction of sp³-hybridized carbons (Fsp3) is 0.250. The minimum atomic E-state index is -0.686. The smallest absolute Gasteiger partial charge is 0.273 e. The number of hydrazine groups is 1. The molecule has 4 rings (SSSR count). The molecule has 32 heavy (non-hydrogen) atoms. The maximum Gasteiger partial charge on any atom is 0.273 e. The molecule has 2 aromatic rings. The van der Waals surface area contributed by atoms with Gasteiger partial charge in [0.1, 0.15) is 6.54 Å². The molecular formula is C24H20Cl2N2O4. The summed E-state index contributed by atoms with van der Waals surface area (Å²) in [5.74, 6) is -3.32. The monoisotopic (exact) mass is 470 g/mol. The standard InChI is InChI=1S/C24H20Cl2N2O4/c1-14-6-5-9-17-21(14)24(32)28(23(17)31)27(13-20(29)15-7-3-2-4-8-15)22(30)16-10-11-18(25)19(26)12-16/h2-8,10-12,14,17,21H,9,13H2,1H3/t14-,17-,21-/m1/s1. The van der Waals surface area contributed by atoms with Gasteiger partial charge in [0.05, 0.1) is 21.9 Å². The zero-order chi connectivity index (χ0) is 23.0. The van der Waals surface area contributed by atoms with Crippen molar-refractivity contribution in [3.8, 4) is 0 Å². The van der Waals surface area contributed by atoms with E-state index in [0.717, 1.165) is 10.0 Å². The molecule has 3 amide bonds. The number of hydrogen-bond donors (Lipinski definition) is 0. The first-order valence-electron chi connectivity index (χ1n) is 10.2. The van der Waals surface area contributed by atoms with Gasteiger partial charge < -0.3 is 0 Å². The lowest BCUT2D eigenvalue weighted by Gasteiger charge is -2.30. The maximum absolute atomic E-state index is 13.5. The van der Waals surface area contributed by atoms with Crippen LogP contribution in [0.2, 0.25) is 10.0 Å². The molecule has 1 aliphatic heterocycles. The van der Waals surface area contributed by atoms with Crippen molar-refractivity contribution in [3.05, 3.63) is 81.9 Å². The van der Waals surface area contributed by atoms with Crippen LogP contribution in [-0.2, 0) is 9.59 Å². The number of hydrogen-bond acceptors (Lipinski definition) is 4. The van der Waals surface area contributed by atoms with E-state index in [1.165, 1.54) is 18.2 Å². The van der Waals surface area contributed by atoms with Crippen LogP contribution in [0.25, 0.3) is 0 Å². The fourth-order valence-corrected chi connectivity index (χ4v) is 4.53. The summed E-state index contributed by atoms with van der Waals surface area (Å²) in [5, 5.41) is 2.20. The van der Waals surface area contributed by atoms with Gasteiger partial charge >= 0.3 is 0 Å². The lowest BCUT2D eigenvalue weighted by atomic mass is 9.78. The highest BCUT2D eigenvalue weighted by molar-refractivity contribution is 6.42. The van der Waals surface area contributed by atoms with Crippen molar-refractivity contribution in [2.45, 2.75) is 13.3 Å². The molecule has 0 bridgehead atoms. The molecule has 164 valence electrons. The van der Waals surface area contributed by atoms with Gasteiger partial charge in [-0.25, -0.2) is 5.01 Å². The van der Waals surface area contributed by atoms with E-state index in [0.29, 0.717) is 12.0 Å². The Morgan fingerprint density at radius 2 is 1.72 bits per heavy atom. The summed E-state index contributed by atoms with van der Waals surface area (Å²) in [5.41, 5.74) is 0.480. The molecule has 0 unspecified atom stereocenters. The van der Waals surface area contributed by atoms with E-state index in [1.54, 1.807) is 30.3 Å². The Hall–Kier alpha value is -2.96. The molecule has 1 aliphatic carbocycles. The number of carbonyl (C=O) groups is 4. The Kier molecular flexibility index (Phi) is 6.17. The van der Waals surface area contributed by atoms with Crippen LogP contribution in [0.15, 0.2) is 60.7 Å². The van der Waals surface area contributed by atoms with Crippen LogP contribution in [0.3, 0.4) is 0 Å². The van der Waals surface area contributed by atoms with Gasteiger partial charge in [0.15, 0.2) is 5.78 Å². The number of benzene rings is 2. The molecule has 1 heterocycles. The lowest BCUT2D eigenvalue weighted by Crippen LogP contribution is -2.52.